The molecular formula is C84H156N2O6P+. The average Bonchev–Trinajstić information content (AvgIpc) is 1.94. The van der Waals surface area contributed by atoms with Crippen molar-refractivity contribution in [2.45, 2.75) is 392 Å². The van der Waals surface area contributed by atoms with E-state index < -0.39 is 20.0 Å². The molecule has 1 amide bonds. The van der Waals surface area contributed by atoms with E-state index in [9.17, 15) is 19.4 Å². The van der Waals surface area contributed by atoms with Crippen molar-refractivity contribution in [1.82, 2.24) is 5.32 Å². The number of amides is 1. The first-order valence-electron chi connectivity index (χ1n) is 40.1. The first-order chi connectivity index (χ1) is 45.5. The Morgan fingerprint density at radius 3 is 0.946 bits per heavy atom. The number of hydrogen-bond donors (Lipinski definition) is 3. The normalized spacial score (nSPS) is 14.0. The van der Waals surface area contributed by atoms with Crippen molar-refractivity contribution in [3.05, 3.63) is 97.2 Å². The van der Waals surface area contributed by atoms with Gasteiger partial charge in [-0.05, 0) is 77.0 Å². The van der Waals surface area contributed by atoms with Gasteiger partial charge < -0.3 is 19.8 Å². The van der Waals surface area contributed by atoms with E-state index in [1.807, 2.05) is 27.2 Å². The summed E-state index contributed by atoms with van der Waals surface area (Å²) in [5, 5.41) is 14.1. The van der Waals surface area contributed by atoms with Crippen LogP contribution in [0.2, 0.25) is 0 Å². The van der Waals surface area contributed by atoms with Crippen LogP contribution in [0.15, 0.2) is 97.2 Å². The number of nitrogens with zero attached hydrogens (tertiary/aromatic N) is 1. The first-order valence-corrected chi connectivity index (χ1v) is 41.6. The molecule has 3 atom stereocenters. The van der Waals surface area contributed by atoms with E-state index in [1.54, 1.807) is 6.08 Å². The summed E-state index contributed by atoms with van der Waals surface area (Å²) in [6.07, 6.45) is 107. The minimum Gasteiger partial charge on any atom is -0.387 e. The second kappa shape index (κ2) is 73.7. The number of carbonyl (C=O) groups excluding carboxylic acids is 1. The summed E-state index contributed by atoms with van der Waals surface area (Å²) in [5.74, 6) is -0.173. The molecule has 8 nitrogen and oxygen atoms in total. The average molecular weight is 1320 g/mol. The number of allylic oxidation sites excluding steroid dienone is 15. The van der Waals surface area contributed by atoms with Gasteiger partial charge in [-0.2, -0.15) is 0 Å². The zero-order valence-corrected chi connectivity index (χ0v) is 63.1. The minimum atomic E-state index is -4.36. The Labute approximate surface area is 579 Å². The minimum absolute atomic E-state index is 0.0603. The molecule has 9 heteroatoms. The Bertz CT molecular complexity index is 1840. The quantitative estimate of drug-likeness (QED) is 0.0243. The van der Waals surface area contributed by atoms with Crippen LogP contribution in [0.5, 0.6) is 0 Å². The van der Waals surface area contributed by atoms with Gasteiger partial charge in [0.15, 0.2) is 0 Å². The summed E-state index contributed by atoms with van der Waals surface area (Å²) in [4.78, 5) is 23.5. The van der Waals surface area contributed by atoms with Gasteiger partial charge in [0.05, 0.1) is 39.9 Å². The maximum atomic E-state index is 13.1. The van der Waals surface area contributed by atoms with Gasteiger partial charge in [0, 0.05) is 6.42 Å². The zero-order valence-electron chi connectivity index (χ0n) is 62.2. The lowest BCUT2D eigenvalue weighted by Crippen LogP contribution is -2.45. The molecule has 0 aromatic carbocycles. The van der Waals surface area contributed by atoms with Crippen molar-refractivity contribution < 1.29 is 32.9 Å². The van der Waals surface area contributed by atoms with Gasteiger partial charge in [0.25, 0.3) is 0 Å². The Balaban J connectivity index is 3.99. The lowest BCUT2D eigenvalue weighted by Gasteiger charge is -2.25. The maximum Gasteiger partial charge on any atom is 0.472 e. The van der Waals surface area contributed by atoms with Gasteiger partial charge in [-0.25, -0.2) is 4.57 Å². The van der Waals surface area contributed by atoms with Crippen LogP contribution in [0, 0.1) is 0 Å². The molecule has 0 aliphatic rings. The number of likely N-dealkylation sites (N-methyl/N-ethyl adjacent to an activating group) is 1. The van der Waals surface area contributed by atoms with Gasteiger partial charge in [0.2, 0.25) is 5.91 Å². The van der Waals surface area contributed by atoms with E-state index in [1.165, 1.54) is 276 Å². The molecule has 542 valence electrons. The number of nitrogens with one attached hydrogen (secondary N) is 1. The lowest BCUT2D eigenvalue weighted by molar-refractivity contribution is -0.870. The standard InChI is InChI=1S/C84H155N2O6P/c1-6-8-10-12-14-16-18-20-22-24-26-28-30-32-34-36-38-40-41-42-43-44-45-46-48-50-52-54-56-58-60-62-64-66-68-70-72-74-76-78-84(88)85-82(81-92-93(89,90)91-80-79-86(3,4)5)83(87)77-75-73-71-69-67-65-63-61-59-57-55-53-51-49-47-39-37-35-33-31-29-27-25-23-21-19-17-15-13-11-9-7-2/h8,10,14,16,20,22,26,28,32,34,38,40,42-43,75,77,82-83,87H,6-7,9,11-13,15,17-19,21,23-25,27,29-31,33,35-37,39,41,44-74,76,78-81H2,1-5H3,(H-,85,88,89,90)/p+1/b10-8-,16-14-,22-20-,28-26-,34-32-,40-38-,43-42-,77-75+. The third-order valence-corrected chi connectivity index (χ3v) is 19.0. The number of phosphoric acid groups is 1. The van der Waals surface area contributed by atoms with Crippen LogP contribution in [0.1, 0.15) is 380 Å². The summed E-state index contributed by atoms with van der Waals surface area (Å²) in [6, 6.07) is -0.852. The second-order valence-corrected chi connectivity index (χ2v) is 29.9. The first kappa shape index (κ1) is 90.4. The Kier molecular flexibility index (Phi) is 71.6. The van der Waals surface area contributed by atoms with Crippen LogP contribution in [-0.2, 0) is 18.4 Å². The molecule has 0 saturated carbocycles. The second-order valence-electron chi connectivity index (χ2n) is 28.4. The van der Waals surface area contributed by atoms with Crippen molar-refractivity contribution >= 4 is 13.7 Å². The van der Waals surface area contributed by atoms with E-state index in [2.05, 4.69) is 104 Å². The van der Waals surface area contributed by atoms with Crippen molar-refractivity contribution in [2.24, 2.45) is 0 Å². The fourth-order valence-electron chi connectivity index (χ4n) is 11.9. The van der Waals surface area contributed by atoms with E-state index in [4.69, 9.17) is 9.05 Å². The highest BCUT2D eigenvalue weighted by Crippen LogP contribution is 2.43. The molecule has 0 radical (unpaired) electrons. The number of unbranched alkanes of at least 4 members (excludes halogenated alkanes) is 47. The van der Waals surface area contributed by atoms with Crippen molar-refractivity contribution in [3.63, 3.8) is 0 Å². The molecule has 0 bridgehead atoms. The van der Waals surface area contributed by atoms with Crippen molar-refractivity contribution in [3.8, 4) is 0 Å². The van der Waals surface area contributed by atoms with Crippen LogP contribution >= 0.6 is 7.82 Å². The highest BCUT2D eigenvalue weighted by molar-refractivity contribution is 7.47. The predicted molar refractivity (Wildman–Crippen MR) is 410 cm³/mol. The van der Waals surface area contributed by atoms with Gasteiger partial charge >= 0.3 is 7.82 Å². The smallest absolute Gasteiger partial charge is 0.387 e. The van der Waals surface area contributed by atoms with E-state index in [0.29, 0.717) is 17.4 Å². The van der Waals surface area contributed by atoms with Gasteiger partial charge in [0.1, 0.15) is 13.2 Å². The number of aliphatic hydroxyl groups excluding tert-OH is 1. The summed E-state index contributed by atoms with van der Waals surface area (Å²) < 4.78 is 23.9. The van der Waals surface area contributed by atoms with Crippen LogP contribution < -0.4 is 5.32 Å². The Morgan fingerprint density at radius 1 is 0.376 bits per heavy atom. The molecule has 3 unspecified atom stereocenters. The fourth-order valence-corrected chi connectivity index (χ4v) is 12.6. The lowest BCUT2D eigenvalue weighted by atomic mass is 10.0. The summed E-state index contributed by atoms with van der Waals surface area (Å²) in [5.41, 5.74) is 0. The Morgan fingerprint density at radius 2 is 0.645 bits per heavy atom. The SMILES string of the molecule is CC/C=C\C/C=C\C/C=C\C/C=C\C/C=C\C/C=C\C/C=C\CCCCCCCCCCCCCCCCCCCC(=O)NC(COP(=O)(O)OCC[N+](C)(C)C)C(O)/C=C/CCCCCCCCCCCCCCCCCCCCCCCCCCCCCCCC. The Hall–Kier alpha value is -2.58. The van der Waals surface area contributed by atoms with Crippen LogP contribution in [0.25, 0.3) is 0 Å². The van der Waals surface area contributed by atoms with Crippen LogP contribution in [0.3, 0.4) is 0 Å². The van der Waals surface area contributed by atoms with E-state index >= 15 is 0 Å². The molecule has 0 fully saturated rings. The maximum absolute atomic E-state index is 13.1. The monoisotopic (exact) mass is 1320 g/mol. The molecule has 0 heterocycles. The third kappa shape index (κ3) is 76.7. The number of carbonyl (C=O) groups is 1. The molecule has 0 spiro atoms. The topological polar surface area (TPSA) is 105 Å². The summed E-state index contributed by atoms with van der Waals surface area (Å²) in [6.45, 7) is 4.75. The van der Waals surface area contributed by atoms with Gasteiger partial charge in [-0.15, -0.1) is 0 Å². The molecule has 0 aromatic rings. The van der Waals surface area contributed by atoms with E-state index in [-0.39, 0.29) is 19.1 Å². The molecule has 0 saturated heterocycles. The zero-order chi connectivity index (χ0) is 67.6. The molecule has 0 aliphatic heterocycles. The molecule has 0 aliphatic carbocycles. The number of aliphatic hydroxyl groups is 1. The fraction of sp³-hybridized carbons (Fsp3) is 0.798. The summed E-state index contributed by atoms with van der Waals surface area (Å²) in [7, 11) is 1.58. The van der Waals surface area contributed by atoms with Crippen LogP contribution in [0.4, 0.5) is 0 Å². The predicted octanol–water partition coefficient (Wildman–Crippen LogP) is 26.4. The number of phosphoric ester groups is 1. The van der Waals surface area contributed by atoms with E-state index in [0.717, 1.165) is 83.5 Å². The van der Waals surface area contributed by atoms with Crippen molar-refractivity contribution in [1.29, 1.82) is 0 Å². The van der Waals surface area contributed by atoms with Gasteiger partial charge in [-0.3, -0.25) is 13.8 Å². The summed E-state index contributed by atoms with van der Waals surface area (Å²) >= 11 is 0. The molecule has 0 aromatic heterocycles. The van der Waals surface area contributed by atoms with Crippen LogP contribution in [-0.4, -0.2) is 73.4 Å². The highest BCUT2D eigenvalue weighted by atomic mass is 31.2. The molecule has 93 heavy (non-hydrogen) atoms. The van der Waals surface area contributed by atoms with Crippen molar-refractivity contribution in [2.75, 3.05) is 40.9 Å². The number of quaternary nitrogens is 1. The largest absolute Gasteiger partial charge is 0.472 e. The molecular weight excluding hydrogens is 1160 g/mol. The molecule has 0 rings (SSSR count). The number of hydrogen-bond acceptors (Lipinski definition) is 5. The van der Waals surface area contributed by atoms with Gasteiger partial charge in [-0.1, -0.05) is 394 Å². The molecule has 3 N–H and O–H groups in total. The highest BCUT2D eigenvalue weighted by Gasteiger charge is 2.28. The third-order valence-electron chi connectivity index (χ3n) is 18.1. The number of rotatable bonds is 74.